The SMILES string of the molecule is C=CCN(CC=C)c1ccc2c(c1)S(C)(C)c1cc(N(CC=C)CC=C)ccc1C2=O. The van der Waals surface area contributed by atoms with Crippen LogP contribution < -0.4 is 9.80 Å². The molecule has 0 saturated heterocycles. The molecule has 0 N–H and O–H groups in total. The van der Waals surface area contributed by atoms with Gasteiger partial charge in [0.2, 0.25) is 0 Å². The molecule has 162 valence electrons. The van der Waals surface area contributed by atoms with Gasteiger partial charge in [0, 0.05) is 58.5 Å². The van der Waals surface area contributed by atoms with Crippen LogP contribution in [0.3, 0.4) is 0 Å². The van der Waals surface area contributed by atoms with Crippen LogP contribution in [0.25, 0.3) is 0 Å². The maximum atomic E-state index is 13.4. The molecule has 4 heteroatoms. The second-order valence-electron chi connectivity index (χ2n) is 7.98. The van der Waals surface area contributed by atoms with Crippen molar-refractivity contribution >= 4 is 27.2 Å². The molecule has 0 aromatic heterocycles. The summed E-state index contributed by atoms with van der Waals surface area (Å²) in [6.45, 7) is 18.4. The van der Waals surface area contributed by atoms with Gasteiger partial charge in [-0.05, 0) is 48.9 Å². The van der Waals surface area contributed by atoms with Gasteiger partial charge in [-0.15, -0.1) is 26.3 Å². The molecule has 0 saturated carbocycles. The molecule has 0 spiro atoms. The minimum absolute atomic E-state index is 0.105. The molecule has 3 rings (SSSR count). The maximum absolute atomic E-state index is 13.4. The first kappa shape index (κ1) is 22.7. The molecular formula is C27H32N2OS. The van der Waals surface area contributed by atoms with Crippen molar-refractivity contribution in [2.45, 2.75) is 9.79 Å². The number of ketones is 1. The number of hydrogen-bond acceptors (Lipinski definition) is 3. The van der Waals surface area contributed by atoms with E-state index in [1.807, 2.05) is 48.6 Å². The van der Waals surface area contributed by atoms with Gasteiger partial charge in [0.25, 0.3) is 0 Å². The number of carbonyl (C=O) groups excluding carboxylic acids is 1. The van der Waals surface area contributed by atoms with Gasteiger partial charge in [-0.3, -0.25) is 4.79 Å². The quantitative estimate of drug-likeness (QED) is 0.426. The van der Waals surface area contributed by atoms with E-state index in [9.17, 15) is 4.79 Å². The maximum Gasteiger partial charge on any atom is 0.195 e. The van der Waals surface area contributed by atoms with Crippen LogP contribution in [0, 0.1) is 0 Å². The number of fused-ring (bicyclic) bond motifs is 2. The summed E-state index contributed by atoms with van der Waals surface area (Å²) in [4.78, 5) is 20.1. The molecule has 0 aliphatic carbocycles. The van der Waals surface area contributed by atoms with Crippen LogP contribution in [-0.4, -0.2) is 44.5 Å². The third-order valence-electron chi connectivity index (χ3n) is 5.65. The van der Waals surface area contributed by atoms with Crippen molar-refractivity contribution in [1.29, 1.82) is 0 Å². The Balaban J connectivity index is 2.12. The smallest absolute Gasteiger partial charge is 0.195 e. The molecule has 0 fully saturated rings. The minimum Gasteiger partial charge on any atom is -0.364 e. The number of rotatable bonds is 10. The van der Waals surface area contributed by atoms with Crippen molar-refractivity contribution in [1.82, 2.24) is 0 Å². The molecule has 2 aromatic carbocycles. The summed E-state index contributed by atoms with van der Waals surface area (Å²) in [5, 5.41) is 0. The lowest BCUT2D eigenvalue weighted by Crippen LogP contribution is -2.25. The van der Waals surface area contributed by atoms with E-state index < -0.39 is 10.0 Å². The number of carbonyl (C=O) groups is 1. The van der Waals surface area contributed by atoms with Crippen LogP contribution in [0.4, 0.5) is 11.4 Å². The van der Waals surface area contributed by atoms with Gasteiger partial charge in [-0.25, -0.2) is 0 Å². The number of hydrogen-bond donors (Lipinski definition) is 0. The van der Waals surface area contributed by atoms with Gasteiger partial charge in [0.1, 0.15) is 0 Å². The Hall–Kier alpha value is -2.98. The fourth-order valence-electron chi connectivity index (χ4n) is 4.09. The largest absolute Gasteiger partial charge is 0.364 e. The van der Waals surface area contributed by atoms with E-state index in [4.69, 9.17) is 0 Å². The van der Waals surface area contributed by atoms with E-state index in [1.54, 1.807) is 0 Å². The molecule has 0 atom stereocenters. The van der Waals surface area contributed by atoms with Gasteiger partial charge in [-0.2, -0.15) is 10.0 Å². The Morgan fingerprint density at radius 3 is 1.39 bits per heavy atom. The monoisotopic (exact) mass is 432 g/mol. The topological polar surface area (TPSA) is 23.6 Å². The predicted octanol–water partition coefficient (Wildman–Crippen LogP) is 6.07. The molecule has 0 amide bonds. The highest BCUT2D eigenvalue weighted by Gasteiger charge is 2.34. The Bertz CT molecular complexity index is 938. The van der Waals surface area contributed by atoms with Crippen LogP contribution >= 0.6 is 10.0 Å². The highest BCUT2D eigenvalue weighted by atomic mass is 32.3. The standard InChI is InChI=1S/C27H32N2OS/c1-7-15-28(16-8-2)21-11-13-23-25(19-21)31(5,6)26-20-22(12-14-24(26)27(23)30)29(17-9-3)18-10-4/h7-14,19-20H,1-4,15-18H2,5-6H3. The first-order valence-electron chi connectivity index (χ1n) is 10.4. The van der Waals surface area contributed by atoms with Gasteiger partial charge >= 0.3 is 0 Å². The van der Waals surface area contributed by atoms with Gasteiger partial charge in [0.15, 0.2) is 5.78 Å². The summed E-state index contributed by atoms with van der Waals surface area (Å²) in [7, 11) is -1.38. The molecule has 31 heavy (non-hydrogen) atoms. The second kappa shape index (κ2) is 9.44. The van der Waals surface area contributed by atoms with Crippen molar-refractivity contribution < 1.29 is 4.79 Å². The van der Waals surface area contributed by atoms with Crippen LogP contribution in [0.1, 0.15) is 15.9 Å². The third-order valence-corrected chi connectivity index (χ3v) is 8.52. The summed E-state index contributed by atoms with van der Waals surface area (Å²) >= 11 is 0. The Labute approximate surface area is 188 Å². The number of nitrogens with zero attached hydrogens (tertiary/aromatic N) is 2. The van der Waals surface area contributed by atoms with Crippen molar-refractivity contribution in [3.05, 3.63) is 98.1 Å². The zero-order valence-electron chi connectivity index (χ0n) is 18.6. The Morgan fingerprint density at radius 1 is 0.710 bits per heavy atom. The fourth-order valence-corrected chi connectivity index (χ4v) is 6.58. The average Bonchev–Trinajstić information content (AvgIpc) is 2.77. The van der Waals surface area contributed by atoms with Gasteiger partial charge in [0.05, 0.1) is 0 Å². The second-order valence-corrected chi connectivity index (χ2v) is 11.5. The van der Waals surface area contributed by atoms with Crippen molar-refractivity contribution in [2.75, 3.05) is 48.5 Å². The van der Waals surface area contributed by atoms with E-state index in [0.29, 0.717) is 0 Å². The summed E-state index contributed by atoms with van der Waals surface area (Å²) < 4.78 is 0. The van der Waals surface area contributed by atoms with E-state index in [0.717, 1.165) is 58.5 Å². The predicted molar refractivity (Wildman–Crippen MR) is 138 cm³/mol. The van der Waals surface area contributed by atoms with Crippen LogP contribution in [0.5, 0.6) is 0 Å². The van der Waals surface area contributed by atoms with Crippen LogP contribution in [0.15, 0.2) is 96.8 Å². The molecule has 0 radical (unpaired) electrons. The van der Waals surface area contributed by atoms with E-state index in [2.05, 4.69) is 60.8 Å². The normalized spacial score (nSPS) is 14.6. The molecular weight excluding hydrogens is 400 g/mol. The molecule has 1 heterocycles. The van der Waals surface area contributed by atoms with E-state index in [1.165, 1.54) is 0 Å². The van der Waals surface area contributed by atoms with Crippen molar-refractivity contribution in [2.24, 2.45) is 0 Å². The van der Waals surface area contributed by atoms with Crippen LogP contribution in [0.2, 0.25) is 0 Å². The lowest BCUT2D eigenvalue weighted by atomic mass is 10.0. The lowest BCUT2D eigenvalue weighted by Gasteiger charge is -2.40. The zero-order chi connectivity index (χ0) is 22.6. The highest BCUT2D eigenvalue weighted by molar-refractivity contribution is 8.32. The first-order chi connectivity index (χ1) is 14.9. The summed E-state index contributed by atoms with van der Waals surface area (Å²) in [6.07, 6.45) is 12.1. The van der Waals surface area contributed by atoms with E-state index in [-0.39, 0.29) is 5.78 Å². The van der Waals surface area contributed by atoms with E-state index >= 15 is 0 Å². The Morgan fingerprint density at radius 2 is 1.06 bits per heavy atom. The van der Waals surface area contributed by atoms with Crippen LogP contribution in [-0.2, 0) is 0 Å². The minimum atomic E-state index is -1.38. The fraction of sp³-hybridized carbons (Fsp3) is 0.222. The molecule has 1 aliphatic rings. The Kier molecular flexibility index (Phi) is 6.91. The third kappa shape index (κ3) is 4.26. The first-order valence-corrected chi connectivity index (χ1v) is 12.8. The van der Waals surface area contributed by atoms with Crippen molar-refractivity contribution in [3.63, 3.8) is 0 Å². The van der Waals surface area contributed by atoms with Gasteiger partial charge in [-0.1, -0.05) is 24.3 Å². The number of benzene rings is 2. The summed E-state index contributed by atoms with van der Waals surface area (Å²) in [5.74, 6) is 0.105. The molecule has 0 bridgehead atoms. The lowest BCUT2D eigenvalue weighted by molar-refractivity contribution is 0.103. The highest BCUT2D eigenvalue weighted by Crippen LogP contribution is 2.62. The zero-order valence-corrected chi connectivity index (χ0v) is 19.5. The number of anilines is 2. The molecule has 0 unspecified atom stereocenters. The van der Waals surface area contributed by atoms with Gasteiger partial charge < -0.3 is 9.80 Å². The average molecular weight is 433 g/mol. The molecule has 1 aliphatic heterocycles. The van der Waals surface area contributed by atoms with Crippen molar-refractivity contribution in [3.8, 4) is 0 Å². The molecule has 3 nitrogen and oxygen atoms in total. The summed E-state index contributed by atoms with van der Waals surface area (Å²) in [6, 6.07) is 12.4. The summed E-state index contributed by atoms with van der Waals surface area (Å²) in [5.41, 5.74) is 3.81. The molecule has 2 aromatic rings.